The van der Waals surface area contributed by atoms with Gasteiger partial charge in [0.2, 0.25) is 0 Å². The zero-order chi connectivity index (χ0) is 17.9. The zero-order valence-electron chi connectivity index (χ0n) is 14.8. The highest BCUT2D eigenvalue weighted by molar-refractivity contribution is 7.10. The lowest BCUT2D eigenvalue weighted by Gasteiger charge is -2.30. The Morgan fingerprint density at radius 1 is 1.12 bits per heavy atom. The summed E-state index contributed by atoms with van der Waals surface area (Å²) in [7, 11) is 0. The molecule has 4 rings (SSSR count). The van der Waals surface area contributed by atoms with E-state index in [-0.39, 0.29) is 12.7 Å². The Bertz CT molecular complexity index is 776. The van der Waals surface area contributed by atoms with Gasteiger partial charge in [-0.3, -0.25) is 4.90 Å². The fraction of sp³-hybridized carbons (Fsp3) is 0.450. The average Bonchev–Trinajstić information content (AvgIpc) is 3.13. The van der Waals surface area contributed by atoms with Crippen LogP contribution in [0.5, 0.6) is 0 Å². The number of carbonyl (C=O) groups excluding carboxylic acids is 1. The van der Waals surface area contributed by atoms with E-state index >= 15 is 0 Å². The number of hydrogen-bond acceptors (Lipinski definition) is 5. The summed E-state index contributed by atoms with van der Waals surface area (Å²) in [6, 6.07) is 10.3. The van der Waals surface area contributed by atoms with Crippen molar-refractivity contribution < 1.29 is 14.6 Å². The summed E-state index contributed by atoms with van der Waals surface area (Å²) in [5.41, 5.74) is 3.84. The van der Waals surface area contributed by atoms with Crippen molar-refractivity contribution in [2.75, 3.05) is 26.2 Å². The Morgan fingerprint density at radius 3 is 2.85 bits per heavy atom. The molecule has 1 atom stereocenters. The molecule has 1 aromatic carbocycles. The molecule has 6 heteroatoms. The minimum atomic E-state index is -0.656. The number of amides is 1. The Hall–Kier alpha value is -1.89. The first-order valence-electron chi connectivity index (χ1n) is 9.13. The van der Waals surface area contributed by atoms with Crippen LogP contribution in [0.2, 0.25) is 0 Å². The number of thiophene rings is 1. The first-order chi connectivity index (χ1) is 12.7. The molecule has 2 aromatic rings. The first-order valence-corrected chi connectivity index (χ1v) is 10.0. The number of ether oxygens (including phenoxy) is 1. The smallest absolute Gasteiger partial charge is 0.410 e. The summed E-state index contributed by atoms with van der Waals surface area (Å²) >= 11 is 1.81. The second-order valence-corrected chi connectivity index (χ2v) is 8.03. The van der Waals surface area contributed by atoms with Crippen LogP contribution in [0.15, 0.2) is 35.7 Å². The Morgan fingerprint density at radius 2 is 1.96 bits per heavy atom. The van der Waals surface area contributed by atoms with Crippen molar-refractivity contribution in [1.29, 1.82) is 0 Å². The number of aliphatic hydroxyl groups is 1. The molecule has 1 aromatic heterocycles. The van der Waals surface area contributed by atoms with Crippen molar-refractivity contribution in [1.82, 2.24) is 9.80 Å². The molecule has 138 valence electrons. The minimum absolute atomic E-state index is 0.0456. The van der Waals surface area contributed by atoms with Crippen LogP contribution in [0, 0.1) is 0 Å². The van der Waals surface area contributed by atoms with Gasteiger partial charge in [0.15, 0.2) is 0 Å². The molecule has 0 fully saturated rings. The summed E-state index contributed by atoms with van der Waals surface area (Å²) in [6.07, 6.45) is 0.894. The SMILES string of the molecule is O=C(OCC(O)CN1CCc2sccc2C1)N1CCc2ccccc2C1. The molecule has 2 aliphatic rings. The minimum Gasteiger partial charge on any atom is -0.447 e. The molecule has 1 unspecified atom stereocenters. The molecular weight excluding hydrogens is 348 g/mol. The second-order valence-electron chi connectivity index (χ2n) is 7.03. The van der Waals surface area contributed by atoms with Crippen LogP contribution < -0.4 is 0 Å². The van der Waals surface area contributed by atoms with Crippen molar-refractivity contribution in [3.05, 3.63) is 57.3 Å². The largest absolute Gasteiger partial charge is 0.447 e. The highest BCUT2D eigenvalue weighted by atomic mass is 32.1. The predicted molar refractivity (Wildman–Crippen MR) is 101 cm³/mol. The van der Waals surface area contributed by atoms with Crippen molar-refractivity contribution in [3.63, 3.8) is 0 Å². The Labute approximate surface area is 157 Å². The van der Waals surface area contributed by atoms with Crippen molar-refractivity contribution >= 4 is 17.4 Å². The molecule has 0 saturated heterocycles. The number of carbonyl (C=O) groups is 1. The van der Waals surface area contributed by atoms with Gasteiger partial charge in [0.25, 0.3) is 0 Å². The quantitative estimate of drug-likeness (QED) is 0.897. The molecule has 1 amide bonds. The van der Waals surface area contributed by atoms with Crippen molar-refractivity contribution in [2.45, 2.75) is 32.0 Å². The van der Waals surface area contributed by atoms with Gasteiger partial charge in [-0.1, -0.05) is 24.3 Å². The van der Waals surface area contributed by atoms with E-state index in [0.29, 0.717) is 19.6 Å². The highest BCUT2D eigenvalue weighted by Gasteiger charge is 2.24. The van der Waals surface area contributed by atoms with Gasteiger partial charge in [-0.25, -0.2) is 4.79 Å². The van der Waals surface area contributed by atoms with E-state index in [0.717, 1.165) is 25.9 Å². The van der Waals surface area contributed by atoms with E-state index in [1.807, 2.05) is 23.5 Å². The van der Waals surface area contributed by atoms with Crippen LogP contribution in [0.4, 0.5) is 4.79 Å². The van der Waals surface area contributed by atoms with Crippen LogP contribution >= 0.6 is 11.3 Å². The second kappa shape index (κ2) is 7.78. The standard InChI is InChI=1S/C20H24N2O3S/c23-18(13-21-8-6-19-17(11-21)7-10-26-19)14-25-20(24)22-9-5-15-3-1-2-4-16(15)12-22/h1-4,7,10,18,23H,5-6,8-9,11-14H2. The van der Waals surface area contributed by atoms with Gasteiger partial charge in [0, 0.05) is 37.6 Å². The zero-order valence-corrected chi connectivity index (χ0v) is 15.6. The molecule has 2 aliphatic heterocycles. The van der Waals surface area contributed by atoms with E-state index in [1.54, 1.807) is 4.90 Å². The van der Waals surface area contributed by atoms with Crippen LogP contribution in [-0.2, 0) is 30.7 Å². The van der Waals surface area contributed by atoms with Gasteiger partial charge < -0.3 is 14.7 Å². The van der Waals surface area contributed by atoms with Crippen molar-refractivity contribution in [2.24, 2.45) is 0 Å². The monoisotopic (exact) mass is 372 g/mol. The maximum absolute atomic E-state index is 12.3. The Balaban J connectivity index is 1.23. The Kier molecular flexibility index (Phi) is 5.24. The van der Waals surface area contributed by atoms with Gasteiger partial charge in [-0.2, -0.15) is 0 Å². The summed E-state index contributed by atoms with van der Waals surface area (Å²) in [6.45, 7) is 3.64. The third-order valence-corrected chi connectivity index (χ3v) is 6.17. The van der Waals surface area contributed by atoms with Gasteiger partial charge in [0.1, 0.15) is 12.7 Å². The number of fused-ring (bicyclic) bond motifs is 2. The van der Waals surface area contributed by atoms with Crippen LogP contribution in [-0.4, -0.2) is 53.3 Å². The predicted octanol–water partition coefficient (Wildman–Crippen LogP) is 2.66. The lowest BCUT2D eigenvalue weighted by molar-refractivity contribution is 0.0258. The molecule has 0 bridgehead atoms. The van der Waals surface area contributed by atoms with Crippen LogP contribution in [0.3, 0.4) is 0 Å². The third kappa shape index (κ3) is 3.92. The van der Waals surface area contributed by atoms with Gasteiger partial charge in [-0.05, 0) is 41.0 Å². The average molecular weight is 372 g/mol. The topological polar surface area (TPSA) is 53.0 Å². The molecule has 26 heavy (non-hydrogen) atoms. The van der Waals surface area contributed by atoms with E-state index in [9.17, 15) is 9.90 Å². The van der Waals surface area contributed by atoms with Crippen LogP contribution in [0.25, 0.3) is 0 Å². The normalized spacial score (nSPS) is 18.1. The number of nitrogens with zero attached hydrogens (tertiary/aromatic N) is 2. The molecule has 1 N–H and O–H groups in total. The highest BCUT2D eigenvalue weighted by Crippen LogP contribution is 2.24. The molecule has 0 saturated carbocycles. The van der Waals surface area contributed by atoms with Crippen molar-refractivity contribution in [3.8, 4) is 0 Å². The molecule has 5 nitrogen and oxygen atoms in total. The van der Waals surface area contributed by atoms with Gasteiger partial charge >= 0.3 is 6.09 Å². The third-order valence-electron chi connectivity index (χ3n) is 5.14. The fourth-order valence-electron chi connectivity index (χ4n) is 3.72. The summed E-state index contributed by atoms with van der Waals surface area (Å²) < 4.78 is 5.37. The summed E-state index contributed by atoms with van der Waals surface area (Å²) in [5.74, 6) is 0. The summed E-state index contributed by atoms with van der Waals surface area (Å²) in [5, 5.41) is 12.4. The number of aliphatic hydroxyl groups excluding tert-OH is 1. The number of benzene rings is 1. The summed E-state index contributed by atoms with van der Waals surface area (Å²) in [4.78, 5) is 17.7. The van der Waals surface area contributed by atoms with E-state index in [1.165, 1.54) is 21.6 Å². The molecule has 3 heterocycles. The molecule has 0 aliphatic carbocycles. The lowest BCUT2D eigenvalue weighted by atomic mass is 10.0. The molecular formula is C20H24N2O3S. The number of rotatable bonds is 4. The van der Waals surface area contributed by atoms with E-state index in [2.05, 4.69) is 28.5 Å². The molecule has 0 spiro atoms. The lowest BCUT2D eigenvalue weighted by Crippen LogP contribution is -2.40. The number of β-amino-alcohol motifs (C(OH)–C–C–N with tert-alkyl or cyclic N) is 1. The maximum Gasteiger partial charge on any atom is 0.410 e. The van der Waals surface area contributed by atoms with E-state index < -0.39 is 6.10 Å². The van der Waals surface area contributed by atoms with Gasteiger partial charge in [-0.15, -0.1) is 11.3 Å². The first kappa shape index (κ1) is 17.5. The molecule has 0 radical (unpaired) electrons. The van der Waals surface area contributed by atoms with E-state index in [4.69, 9.17) is 4.74 Å². The maximum atomic E-state index is 12.3. The number of hydrogen-bond donors (Lipinski definition) is 1. The van der Waals surface area contributed by atoms with Gasteiger partial charge in [0.05, 0.1) is 0 Å². The van der Waals surface area contributed by atoms with Crippen LogP contribution in [0.1, 0.15) is 21.6 Å². The fourth-order valence-corrected chi connectivity index (χ4v) is 4.61.